The van der Waals surface area contributed by atoms with Crippen LogP contribution in [0, 0.1) is 0 Å². The Bertz CT molecular complexity index is 1090. The molecule has 0 amide bonds. The molecule has 3 aromatic rings. The van der Waals surface area contributed by atoms with Crippen LogP contribution in [0.5, 0.6) is 5.75 Å². The molecular weight excluding hydrogens is 370 g/mol. The van der Waals surface area contributed by atoms with Gasteiger partial charge in [-0.3, -0.25) is 4.31 Å². The van der Waals surface area contributed by atoms with Crippen LogP contribution < -0.4 is 4.31 Å². The van der Waals surface area contributed by atoms with Crippen molar-refractivity contribution in [3.05, 3.63) is 77.3 Å². The van der Waals surface area contributed by atoms with Crippen molar-refractivity contribution in [2.24, 2.45) is 0 Å². The number of sulfonamides is 1. The monoisotopic (exact) mass is 385 g/mol. The lowest BCUT2D eigenvalue weighted by Gasteiger charge is -2.37. The van der Waals surface area contributed by atoms with Crippen LogP contribution in [0.25, 0.3) is 11.1 Å². The highest BCUT2D eigenvalue weighted by Crippen LogP contribution is 2.47. The zero-order valence-corrected chi connectivity index (χ0v) is 15.5. The van der Waals surface area contributed by atoms with Crippen LogP contribution in [0.1, 0.15) is 18.5 Å². The minimum atomic E-state index is -3.84. The molecule has 1 aliphatic heterocycles. The first-order chi connectivity index (χ1) is 12.4. The highest BCUT2D eigenvalue weighted by molar-refractivity contribution is 7.92. The van der Waals surface area contributed by atoms with Gasteiger partial charge in [0.2, 0.25) is 0 Å². The number of fused-ring (bicyclic) bond motifs is 3. The highest BCUT2D eigenvalue weighted by atomic mass is 35.5. The minimum absolute atomic E-state index is 0.0180. The third-order valence-corrected chi connectivity index (χ3v) is 6.78. The fourth-order valence-corrected chi connectivity index (χ4v) is 5.24. The number of hydrogen-bond donors (Lipinski definition) is 1. The first-order valence-electron chi connectivity index (χ1n) is 8.12. The molecule has 0 saturated carbocycles. The average Bonchev–Trinajstić information content (AvgIpc) is 2.62. The van der Waals surface area contributed by atoms with E-state index in [-0.39, 0.29) is 10.6 Å². The molecule has 0 fully saturated rings. The standard InChI is InChI=1S/C20H16ClNO3S/c1-13-17-4-2-3-5-18(17)19-11-6-14(21)12-20(19)22(13)26(24,25)16-9-7-15(23)8-10-16/h2-13,23H,1H3/t13-/m1/s1. The Morgan fingerprint density at radius 2 is 1.65 bits per heavy atom. The number of phenolic OH excluding ortho intramolecular Hbond substituents is 1. The Kier molecular flexibility index (Phi) is 3.93. The summed E-state index contributed by atoms with van der Waals surface area (Å²) < 4.78 is 28.2. The first kappa shape index (κ1) is 16.9. The van der Waals surface area contributed by atoms with Gasteiger partial charge < -0.3 is 5.11 Å². The van der Waals surface area contributed by atoms with E-state index in [0.717, 1.165) is 16.7 Å². The Labute approximate surface area is 157 Å². The maximum Gasteiger partial charge on any atom is 0.264 e. The van der Waals surface area contributed by atoms with Gasteiger partial charge in [-0.05, 0) is 54.4 Å². The van der Waals surface area contributed by atoms with Crippen molar-refractivity contribution < 1.29 is 13.5 Å². The molecule has 0 aliphatic carbocycles. The Morgan fingerprint density at radius 3 is 2.38 bits per heavy atom. The summed E-state index contributed by atoms with van der Waals surface area (Å²) in [6.07, 6.45) is 0. The fourth-order valence-electron chi connectivity index (χ4n) is 3.43. The van der Waals surface area contributed by atoms with Gasteiger partial charge in [0.25, 0.3) is 10.0 Å². The van der Waals surface area contributed by atoms with Crippen molar-refractivity contribution in [3.8, 4) is 16.9 Å². The van der Waals surface area contributed by atoms with Crippen LogP contribution >= 0.6 is 11.6 Å². The molecule has 3 aromatic carbocycles. The molecular formula is C20H16ClNO3S. The molecule has 1 aliphatic rings. The van der Waals surface area contributed by atoms with E-state index in [1.807, 2.05) is 37.3 Å². The van der Waals surface area contributed by atoms with E-state index in [1.54, 1.807) is 12.1 Å². The molecule has 4 nitrogen and oxygen atoms in total. The van der Waals surface area contributed by atoms with Crippen LogP contribution in [0.4, 0.5) is 5.69 Å². The van der Waals surface area contributed by atoms with Gasteiger partial charge in [-0.2, -0.15) is 0 Å². The third-order valence-electron chi connectivity index (χ3n) is 4.64. The molecule has 26 heavy (non-hydrogen) atoms. The first-order valence-corrected chi connectivity index (χ1v) is 9.94. The van der Waals surface area contributed by atoms with Crippen LogP contribution in [0.3, 0.4) is 0 Å². The summed E-state index contributed by atoms with van der Waals surface area (Å²) in [5.74, 6) is 0.0180. The van der Waals surface area contributed by atoms with E-state index < -0.39 is 16.1 Å². The van der Waals surface area contributed by atoms with Crippen molar-refractivity contribution in [2.45, 2.75) is 17.9 Å². The molecule has 6 heteroatoms. The lowest BCUT2D eigenvalue weighted by molar-refractivity contribution is 0.474. The zero-order valence-electron chi connectivity index (χ0n) is 13.9. The molecule has 0 radical (unpaired) electrons. The topological polar surface area (TPSA) is 57.6 Å². The predicted molar refractivity (Wildman–Crippen MR) is 103 cm³/mol. The van der Waals surface area contributed by atoms with E-state index >= 15 is 0 Å². The second kappa shape index (κ2) is 6.04. The van der Waals surface area contributed by atoms with Crippen molar-refractivity contribution in [1.82, 2.24) is 0 Å². The maximum atomic E-state index is 13.4. The molecule has 0 bridgehead atoms. The van der Waals surface area contributed by atoms with Gasteiger partial charge >= 0.3 is 0 Å². The highest BCUT2D eigenvalue weighted by Gasteiger charge is 2.36. The van der Waals surface area contributed by atoms with Gasteiger partial charge in [0.15, 0.2) is 0 Å². The van der Waals surface area contributed by atoms with Gasteiger partial charge in [-0.25, -0.2) is 8.42 Å². The van der Waals surface area contributed by atoms with E-state index in [0.29, 0.717) is 10.7 Å². The summed E-state index contributed by atoms with van der Waals surface area (Å²) in [5.41, 5.74) is 3.32. The fraction of sp³-hybridized carbons (Fsp3) is 0.100. The van der Waals surface area contributed by atoms with Gasteiger partial charge in [-0.15, -0.1) is 0 Å². The summed E-state index contributed by atoms with van der Waals surface area (Å²) in [4.78, 5) is 0.118. The van der Waals surface area contributed by atoms with Gasteiger partial charge in [0, 0.05) is 10.6 Å². The second-order valence-electron chi connectivity index (χ2n) is 6.22. The Hall–Kier alpha value is -2.50. The second-order valence-corrected chi connectivity index (χ2v) is 8.47. The summed E-state index contributed by atoms with van der Waals surface area (Å²) >= 11 is 6.18. The van der Waals surface area contributed by atoms with Crippen molar-refractivity contribution in [3.63, 3.8) is 0 Å². The maximum absolute atomic E-state index is 13.4. The molecule has 132 valence electrons. The smallest absolute Gasteiger partial charge is 0.264 e. The summed E-state index contributed by atoms with van der Waals surface area (Å²) in [6.45, 7) is 1.86. The molecule has 1 N–H and O–H groups in total. The molecule has 0 saturated heterocycles. The SMILES string of the molecule is C[C@@H]1c2ccccc2-c2ccc(Cl)cc2N1S(=O)(=O)c1ccc(O)cc1. The van der Waals surface area contributed by atoms with E-state index in [4.69, 9.17) is 11.6 Å². The number of benzene rings is 3. The van der Waals surface area contributed by atoms with Crippen molar-refractivity contribution in [2.75, 3.05) is 4.31 Å². The Balaban J connectivity index is 1.97. The number of aromatic hydroxyl groups is 1. The lowest BCUT2D eigenvalue weighted by Crippen LogP contribution is -2.36. The lowest BCUT2D eigenvalue weighted by atomic mass is 9.90. The molecule has 0 aromatic heterocycles. The number of halogens is 1. The number of rotatable bonds is 2. The number of nitrogens with zero attached hydrogens (tertiary/aromatic N) is 1. The molecule has 0 unspecified atom stereocenters. The van der Waals surface area contributed by atoms with Crippen LogP contribution in [0.15, 0.2) is 71.6 Å². The molecule has 1 atom stereocenters. The third kappa shape index (κ3) is 2.55. The van der Waals surface area contributed by atoms with Crippen LogP contribution in [0.2, 0.25) is 5.02 Å². The quantitative estimate of drug-likeness (QED) is 0.676. The minimum Gasteiger partial charge on any atom is -0.508 e. The summed E-state index contributed by atoms with van der Waals surface area (Å²) in [7, 11) is -3.84. The van der Waals surface area contributed by atoms with E-state index in [2.05, 4.69) is 0 Å². The van der Waals surface area contributed by atoms with Crippen LogP contribution in [-0.4, -0.2) is 13.5 Å². The molecule has 1 heterocycles. The van der Waals surface area contributed by atoms with E-state index in [9.17, 15) is 13.5 Å². The number of phenols is 1. The normalized spacial score (nSPS) is 16.1. The zero-order chi connectivity index (χ0) is 18.5. The molecule has 4 rings (SSSR count). The summed E-state index contributed by atoms with van der Waals surface area (Å²) in [6, 6.07) is 18.2. The van der Waals surface area contributed by atoms with Gasteiger partial charge in [0.05, 0.1) is 16.6 Å². The Morgan fingerprint density at radius 1 is 0.962 bits per heavy atom. The largest absolute Gasteiger partial charge is 0.508 e. The number of anilines is 1. The van der Waals surface area contributed by atoms with Crippen molar-refractivity contribution in [1.29, 1.82) is 0 Å². The predicted octanol–water partition coefficient (Wildman–Crippen LogP) is 4.98. The molecule has 0 spiro atoms. The average molecular weight is 386 g/mol. The van der Waals surface area contributed by atoms with Gasteiger partial charge in [0.1, 0.15) is 5.75 Å². The summed E-state index contributed by atoms with van der Waals surface area (Å²) in [5, 5.41) is 9.96. The van der Waals surface area contributed by atoms with Gasteiger partial charge in [-0.1, -0.05) is 41.9 Å². The number of hydrogen-bond acceptors (Lipinski definition) is 3. The van der Waals surface area contributed by atoms with Crippen molar-refractivity contribution >= 4 is 27.3 Å². The van der Waals surface area contributed by atoms with Crippen LogP contribution in [-0.2, 0) is 10.0 Å². The van der Waals surface area contributed by atoms with E-state index in [1.165, 1.54) is 28.6 Å².